The summed E-state index contributed by atoms with van der Waals surface area (Å²) < 4.78 is 0. The van der Waals surface area contributed by atoms with Gasteiger partial charge in [0, 0.05) is 17.8 Å². The minimum atomic E-state index is -0.00186. The van der Waals surface area contributed by atoms with Crippen LogP contribution in [0.15, 0.2) is 18.2 Å². The van der Waals surface area contributed by atoms with Crippen molar-refractivity contribution in [3.8, 4) is 0 Å². The number of rotatable bonds is 5. The quantitative estimate of drug-likeness (QED) is 0.643. The van der Waals surface area contributed by atoms with Crippen molar-refractivity contribution in [1.29, 1.82) is 0 Å². The second-order valence-electron chi connectivity index (χ2n) is 9.50. The van der Waals surface area contributed by atoms with Gasteiger partial charge in [-0.3, -0.25) is 9.59 Å². The average molecular weight is 417 g/mol. The van der Waals surface area contributed by atoms with Crippen LogP contribution in [0.4, 0.5) is 5.69 Å². The van der Waals surface area contributed by atoms with Gasteiger partial charge >= 0.3 is 0 Å². The molecule has 2 fully saturated rings. The highest BCUT2D eigenvalue weighted by atomic mass is 16.2. The number of likely N-dealkylation sites (tertiary alicyclic amines) is 1. The third kappa shape index (κ3) is 5.22. The molecule has 0 unspecified atom stereocenters. The maximum absolute atomic E-state index is 13.2. The predicted octanol–water partition coefficient (Wildman–Crippen LogP) is 0.203. The van der Waals surface area contributed by atoms with Crippen molar-refractivity contribution < 1.29 is 19.4 Å². The molecule has 2 saturated heterocycles. The van der Waals surface area contributed by atoms with E-state index in [-0.39, 0.29) is 11.9 Å². The second kappa shape index (κ2) is 9.92. The first-order valence-corrected chi connectivity index (χ1v) is 11.6. The first kappa shape index (κ1) is 22.8. The van der Waals surface area contributed by atoms with Crippen LogP contribution in [-0.4, -0.2) is 67.6 Å². The highest BCUT2D eigenvalue weighted by Gasteiger charge is 2.38. The molecule has 1 aromatic rings. The minimum absolute atomic E-state index is 0.00186. The van der Waals surface area contributed by atoms with Crippen LogP contribution in [0, 0.1) is 13.8 Å². The molecule has 2 heterocycles. The molecule has 0 spiro atoms. The molecular weight excluding hydrogens is 376 g/mol. The Labute approximate surface area is 181 Å². The zero-order valence-electron chi connectivity index (χ0n) is 19.4. The lowest BCUT2D eigenvalue weighted by molar-refractivity contribution is -1.02. The van der Waals surface area contributed by atoms with Crippen molar-refractivity contribution in [1.82, 2.24) is 4.90 Å². The van der Waals surface area contributed by atoms with Crippen LogP contribution in [0.3, 0.4) is 0 Å². The fourth-order valence-electron chi connectivity index (χ4n) is 5.21. The summed E-state index contributed by atoms with van der Waals surface area (Å²) in [6.45, 7) is 14.7. The van der Waals surface area contributed by atoms with Gasteiger partial charge in [-0.25, -0.2) is 0 Å². The standard InChI is InChI=1S/C24H38N4O2/c1-17-8-6-9-18(2)23(17)25-22(29)16-26-12-14-27(15-13-26)21(5)24(30)28-19(3)10-7-11-20(28)4/h6,8-9,19-21H,7,10-16H2,1-5H3,(H,25,29)/p+2/t19-,20+,21-/m0/s1. The number of hydrogen-bond acceptors (Lipinski definition) is 2. The summed E-state index contributed by atoms with van der Waals surface area (Å²) in [5, 5.41) is 3.10. The van der Waals surface area contributed by atoms with Crippen LogP contribution in [0.2, 0.25) is 0 Å². The molecule has 0 aromatic heterocycles. The van der Waals surface area contributed by atoms with Crippen LogP contribution < -0.4 is 15.1 Å². The monoisotopic (exact) mass is 416 g/mol. The molecule has 0 bridgehead atoms. The third-order valence-electron chi connectivity index (χ3n) is 7.19. The van der Waals surface area contributed by atoms with Gasteiger partial charge in [0.15, 0.2) is 12.6 Å². The summed E-state index contributed by atoms with van der Waals surface area (Å²) in [4.78, 5) is 30.6. The molecule has 0 aliphatic carbocycles. The van der Waals surface area contributed by atoms with Crippen LogP contribution in [-0.2, 0) is 9.59 Å². The van der Waals surface area contributed by atoms with Crippen LogP contribution >= 0.6 is 0 Å². The van der Waals surface area contributed by atoms with Crippen LogP contribution in [0.5, 0.6) is 0 Å². The predicted molar refractivity (Wildman–Crippen MR) is 120 cm³/mol. The number of nitrogens with one attached hydrogen (secondary N) is 3. The van der Waals surface area contributed by atoms with E-state index in [1.165, 1.54) is 16.2 Å². The van der Waals surface area contributed by atoms with E-state index in [1.54, 1.807) is 0 Å². The van der Waals surface area contributed by atoms with E-state index in [0.29, 0.717) is 24.5 Å². The maximum Gasteiger partial charge on any atom is 0.281 e. The number of piperazine rings is 1. The largest absolute Gasteiger partial charge is 0.332 e. The smallest absolute Gasteiger partial charge is 0.281 e. The summed E-state index contributed by atoms with van der Waals surface area (Å²) in [6, 6.07) is 6.77. The molecule has 3 rings (SSSR count). The van der Waals surface area contributed by atoms with Gasteiger partial charge in [-0.05, 0) is 65.0 Å². The fourth-order valence-corrected chi connectivity index (χ4v) is 5.21. The SMILES string of the molecule is Cc1cccc(C)c1NC(=O)C[NH+]1CC[NH+]([C@@H](C)C(=O)N2[C@H](C)CCC[C@@H]2C)CC1. The van der Waals surface area contributed by atoms with Gasteiger partial charge in [-0.2, -0.15) is 0 Å². The van der Waals surface area contributed by atoms with Gasteiger partial charge in [0.05, 0.1) is 0 Å². The number of benzene rings is 1. The number of quaternary nitrogens is 2. The maximum atomic E-state index is 13.2. The molecule has 2 aliphatic heterocycles. The van der Waals surface area contributed by atoms with Gasteiger partial charge in [-0.1, -0.05) is 18.2 Å². The number of anilines is 1. The number of piperidine rings is 1. The number of para-hydroxylation sites is 1. The van der Waals surface area contributed by atoms with Gasteiger partial charge < -0.3 is 20.0 Å². The van der Waals surface area contributed by atoms with Crippen molar-refractivity contribution in [2.75, 3.05) is 38.0 Å². The fraction of sp³-hybridized carbons (Fsp3) is 0.667. The zero-order chi connectivity index (χ0) is 21.8. The molecule has 3 N–H and O–H groups in total. The second-order valence-corrected chi connectivity index (χ2v) is 9.50. The molecule has 166 valence electrons. The first-order chi connectivity index (χ1) is 14.3. The summed E-state index contributed by atoms with van der Waals surface area (Å²) in [5.41, 5.74) is 3.14. The van der Waals surface area contributed by atoms with E-state index in [4.69, 9.17) is 0 Å². The van der Waals surface area contributed by atoms with E-state index in [9.17, 15) is 9.59 Å². The number of amides is 2. The number of nitrogens with zero attached hydrogens (tertiary/aromatic N) is 1. The Bertz CT molecular complexity index is 727. The molecule has 1 aromatic carbocycles. The van der Waals surface area contributed by atoms with Crippen molar-refractivity contribution in [2.24, 2.45) is 0 Å². The molecule has 0 radical (unpaired) electrons. The molecular formula is C24H40N4O2+2. The molecule has 30 heavy (non-hydrogen) atoms. The van der Waals surface area contributed by atoms with Crippen LogP contribution in [0.25, 0.3) is 0 Å². The Morgan fingerprint density at radius 2 is 1.63 bits per heavy atom. The van der Waals surface area contributed by atoms with Crippen molar-refractivity contribution in [3.05, 3.63) is 29.3 Å². The molecule has 0 saturated carbocycles. The van der Waals surface area contributed by atoms with Gasteiger partial charge in [0.25, 0.3) is 11.8 Å². The lowest BCUT2D eigenvalue weighted by Crippen LogP contribution is -3.30. The summed E-state index contributed by atoms with van der Waals surface area (Å²) in [7, 11) is 0. The Morgan fingerprint density at radius 1 is 1.07 bits per heavy atom. The topological polar surface area (TPSA) is 58.3 Å². The van der Waals surface area contributed by atoms with Crippen LogP contribution in [0.1, 0.15) is 51.2 Å². The molecule has 6 nitrogen and oxygen atoms in total. The number of hydrogen-bond donors (Lipinski definition) is 3. The Kier molecular flexibility index (Phi) is 7.53. The van der Waals surface area contributed by atoms with Gasteiger partial charge in [-0.15, -0.1) is 0 Å². The van der Waals surface area contributed by atoms with E-state index in [1.807, 2.05) is 32.0 Å². The zero-order valence-corrected chi connectivity index (χ0v) is 19.4. The first-order valence-electron chi connectivity index (χ1n) is 11.6. The van der Waals surface area contributed by atoms with Gasteiger partial charge in [0.2, 0.25) is 0 Å². The van der Waals surface area contributed by atoms with Gasteiger partial charge in [0.1, 0.15) is 26.2 Å². The Balaban J connectivity index is 1.49. The lowest BCUT2D eigenvalue weighted by atomic mass is 9.96. The summed E-state index contributed by atoms with van der Waals surface area (Å²) in [6.07, 6.45) is 3.45. The molecule has 2 aliphatic rings. The minimum Gasteiger partial charge on any atom is -0.332 e. The summed E-state index contributed by atoms with van der Waals surface area (Å²) in [5.74, 6) is 0.381. The Hall–Kier alpha value is -1.92. The molecule has 3 atom stereocenters. The van der Waals surface area contributed by atoms with E-state index >= 15 is 0 Å². The van der Waals surface area contributed by atoms with E-state index in [2.05, 4.69) is 31.0 Å². The average Bonchev–Trinajstić information content (AvgIpc) is 2.70. The number of carbonyl (C=O) groups excluding carboxylic acids is 2. The number of aryl methyl sites for hydroxylation is 2. The summed E-state index contributed by atoms with van der Waals surface area (Å²) >= 11 is 0. The molecule has 2 amide bonds. The highest BCUT2D eigenvalue weighted by molar-refractivity contribution is 5.93. The van der Waals surface area contributed by atoms with E-state index < -0.39 is 0 Å². The normalized spacial score (nSPS) is 28.1. The number of carbonyl (C=O) groups is 2. The van der Waals surface area contributed by atoms with E-state index in [0.717, 1.165) is 55.8 Å². The molecule has 6 heteroatoms. The lowest BCUT2D eigenvalue weighted by Gasteiger charge is -2.42. The van der Waals surface area contributed by atoms with Crippen molar-refractivity contribution >= 4 is 17.5 Å². The van der Waals surface area contributed by atoms with Crippen molar-refractivity contribution in [3.63, 3.8) is 0 Å². The van der Waals surface area contributed by atoms with Crippen molar-refractivity contribution in [2.45, 2.75) is 72.0 Å². The highest BCUT2D eigenvalue weighted by Crippen LogP contribution is 2.23. The Morgan fingerprint density at radius 3 is 2.20 bits per heavy atom. The third-order valence-corrected chi connectivity index (χ3v) is 7.19.